The molecule has 3 nitrogen and oxygen atoms in total. The number of hydrogen-bond acceptors (Lipinski definition) is 4. The molecule has 0 aliphatic carbocycles. The summed E-state index contributed by atoms with van der Waals surface area (Å²) in [5.74, 6) is 0. The Morgan fingerprint density at radius 1 is 1.77 bits per heavy atom. The molecule has 5 heteroatoms. The van der Waals surface area contributed by atoms with Gasteiger partial charge in [-0.25, -0.2) is 4.98 Å². The van der Waals surface area contributed by atoms with Gasteiger partial charge in [-0.05, 0) is 22.9 Å². The Hall–Kier alpha value is -0.130. The third-order valence-corrected chi connectivity index (χ3v) is 3.48. The van der Waals surface area contributed by atoms with E-state index in [0.717, 1.165) is 9.73 Å². The molecule has 0 spiro atoms. The second-order valence-electron chi connectivity index (χ2n) is 2.87. The summed E-state index contributed by atoms with van der Waals surface area (Å²) in [6.07, 6.45) is 0. The lowest BCUT2D eigenvalue weighted by atomic mass is 10.3. The first-order chi connectivity index (χ1) is 6.15. The SMILES string of the molecule is COCC(C)N(C)c1nc(Br)cs1. The van der Waals surface area contributed by atoms with E-state index >= 15 is 0 Å². The van der Waals surface area contributed by atoms with Gasteiger partial charge in [-0.1, -0.05) is 0 Å². The number of anilines is 1. The van der Waals surface area contributed by atoms with Gasteiger partial charge in [0.1, 0.15) is 4.60 Å². The van der Waals surface area contributed by atoms with Crippen LogP contribution in [0.5, 0.6) is 0 Å². The van der Waals surface area contributed by atoms with Crippen LogP contribution in [0.2, 0.25) is 0 Å². The summed E-state index contributed by atoms with van der Waals surface area (Å²) < 4.78 is 5.97. The van der Waals surface area contributed by atoms with E-state index in [-0.39, 0.29) is 0 Å². The van der Waals surface area contributed by atoms with E-state index in [1.807, 2.05) is 12.4 Å². The molecule has 1 heterocycles. The molecule has 0 aromatic carbocycles. The van der Waals surface area contributed by atoms with E-state index in [9.17, 15) is 0 Å². The molecule has 0 fully saturated rings. The zero-order chi connectivity index (χ0) is 9.84. The molecule has 0 saturated heterocycles. The minimum absolute atomic E-state index is 0.350. The van der Waals surface area contributed by atoms with Gasteiger partial charge in [0, 0.05) is 19.5 Å². The van der Waals surface area contributed by atoms with Crippen LogP contribution in [-0.2, 0) is 4.74 Å². The summed E-state index contributed by atoms with van der Waals surface area (Å²) in [5.41, 5.74) is 0. The Morgan fingerprint density at radius 2 is 2.46 bits per heavy atom. The summed E-state index contributed by atoms with van der Waals surface area (Å²) in [5, 5.41) is 2.99. The van der Waals surface area contributed by atoms with E-state index in [0.29, 0.717) is 12.6 Å². The fourth-order valence-corrected chi connectivity index (χ4v) is 2.27. The van der Waals surface area contributed by atoms with Crippen molar-refractivity contribution in [2.24, 2.45) is 0 Å². The first-order valence-corrected chi connectivity index (χ1v) is 5.65. The minimum Gasteiger partial charge on any atom is -0.383 e. The van der Waals surface area contributed by atoms with Gasteiger partial charge in [-0.2, -0.15) is 0 Å². The molecule has 0 bridgehead atoms. The lowest BCUT2D eigenvalue weighted by Gasteiger charge is -2.23. The minimum atomic E-state index is 0.350. The van der Waals surface area contributed by atoms with Gasteiger partial charge >= 0.3 is 0 Å². The fraction of sp³-hybridized carbons (Fsp3) is 0.625. The predicted octanol–water partition coefficient (Wildman–Crippen LogP) is 2.38. The number of likely N-dealkylation sites (N-methyl/N-ethyl adjacent to an activating group) is 1. The molecule has 13 heavy (non-hydrogen) atoms. The lowest BCUT2D eigenvalue weighted by molar-refractivity contribution is 0.183. The van der Waals surface area contributed by atoms with Crippen LogP contribution >= 0.6 is 27.3 Å². The zero-order valence-electron chi connectivity index (χ0n) is 7.95. The van der Waals surface area contributed by atoms with E-state index in [2.05, 4.69) is 32.7 Å². The van der Waals surface area contributed by atoms with Crippen molar-refractivity contribution in [3.8, 4) is 0 Å². The van der Waals surface area contributed by atoms with Crippen LogP contribution in [0.3, 0.4) is 0 Å². The second-order valence-corrected chi connectivity index (χ2v) is 4.52. The third-order valence-electron chi connectivity index (χ3n) is 1.83. The van der Waals surface area contributed by atoms with Gasteiger partial charge in [0.15, 0.2) is 5.13 Å². The van der Waals surface area contributed by atoms with Crippen molar-refractivity contribution in [3.63, 3.8) is 0 Å². The third kappa shape index (κ3) is 2.93. The second kappa shape index (κ2) is 4.93. The van der Waals surface area contributed by atoms with Crippen LogP contribution in [0.25, 0.3) is 0 Å². The Balaban J connectivity index is 2.61. The molecule has 0 N–H and O–H groups in total. The number of halogens is 1. The van der Waals surface area contributed by atoms with Crippen molar-refractivity contribution < 1.29 is 4.74 Å². The molecular formula is C8H13BrN2OS. The summed E-state index contributed by atoms with van der Waals surface area (Å²) in [6.45, 7) is 2.83. The van der Waals surface area contributed by atoms with Gasteiger partial charge in [-0.3, -0.25) is 0 Å². The molecule has 74 valence electrons. The average molecular weight is 265 g/mol. The number of ether oxygens (including phenoxy) is 1. The topological polar surface area (TPSA) is 25.4 Å². The highest BCUT2D eigenvalue weighted by molar-refractivity contribution is 9.10. The maximum Gasteiger partial charge on any atom is 0.186 e. The normalized spacial score (nSPS) is 12.9. The first-order valence-electron chi connectivity index (χ1n) is 3.98. The van der Waals surface area contributed by atoms with E-state index in [1.54, 1.807) is 18.4 Å². The van der Waals surface area contributed by atoms with Crippen LogP contribution < -0.4 is 4.90 Å². The van der Waals surface area contributed by atoms with Gasteiger partial charge in [-0.15, -0.1) is 11.3 Å². The summed E-state index contributed by atoms with van der Waals surface area (Å²) in [6, 6.07) is 0.350. The van der Waals surface area contributed by atoms with Crippen LogP contribution in [-0.4, -0.2) is 31.8 Å². The Bertz CT molecular complexity index is 266. The molecular weight excluding hydrogens is 252 g/mol. The molecule has 0 aliphatic rings. The first kappa shape index (κ1) is 10.9. The highest BCUT2D eigenvalue weighted by Gasteiger charge is 2.12. The fourth-order valence-electron chi connectivity index (χ4n) is 0.949. The number of methoxy groups -OCH3 is 1. The van der Waals surface area contributed by atoms with E-state index in [4.69, 9.17) is 4.74 Å². The molecule has 1 aromatic heterocycles. The predicted molar refractivity (Wildman–Crippen MR) is 59.6 cm³/mol. The molecule has 1 unspecified atom stereocenters. The monoisotopic (exact) mass is 264 g/mol. The Morgan fingerprint density at radius 3 is 2.92 bits per heavy atom. The molecule has 1 aromatic rings. The van der Waals surface area contributed by atoms with Crippen molar-refractivity contribution in [1.29, 1.82) is 0 Å². The van der Waals surface area contributed by atoms with Crippen molar-refractivity contribution in [2.45, 2.75) is 13.0 Å². The standard InChI is InChI=1S/C8H13BrN2OS/c1-6(4-12-3)11(2)8-10-7(9)5-13-8/h5-6H,4H2,1-3H3. The quantitative estimate of drug-likeness (QED) is 0.835. The van der Waals surface area contributed by atoms with Crippen molar-refractivity contribution in [3.05, 3.63) is 9.98 Å². The van der Waals surface area contributed by atoms with Crippen molar-refractivity contribution in [2.75, 3.05) is 25.7 Å². The van der Waals surface area contributed by atoms with Gasteiger partial charge < -0.3 is 9.64 Å². The zero-order valence-corrected chi connectivity index (χ0v) is 10.4. The number of rotatable bonds is 4. The van der Waals surface area contributed by atoms with Crippen molar-refractivity contribution >= 4 is 32.4 Å². The molecule has 0 amide bonds. The summed E-state index contributed by atoms with van der Waals surface area (Å²) >= 11 is 4.95. The Labute approximate surface area is 90.9 Å². The van der Waals surface area contributed by atoms with Gasteiger partial charge in [0.2, 0.25) is 0 Å². The highest BCUT2D eigenvalue weighted by atomic mass is 79.9. The lowest BCUT2D eigenvalue weighted by Crippen LogP contribution is -2.32. The largest absolute Gasteiger partial charge is 0.383 e. The van der Waals surface area contributed by atoms with Crippen LogP contribution in [0, 0.1) is 0 Å². The van der Waals surface area contributed by atoms with Crippen LogP contribution in [0.15, 0.2) is 9.98 Å². The number of nitrogens with zero attached hydrogens (tertiary/aromatic N) is 2. The molecule has 0 saturated carbocycles. The van der Waals surface area contributed by atoms with E-state index in [1.165, 1.54) is 0 Å². The van der Waals surface area contributed by atoms with Gasteiger partial charge in [0.05, 0.1) is 12.6 Å². The summed E-state index contributed by atoms with van der Waals surface area (Å²) in [7, 11) is 3.73. The van der Waals surface area contributed by atoms with Gasteiger partial charge in [0.25, 0.3) is 0 Å². The number of thiazole rings is 1. The van der Waals surface area contributed by atoms with Crippen molar-refractivity contribution in [1.82, 2.24) is 4.98 Å². The molecule has 1 atom stereocenters. The summed E-state index contributed by atoms with van der Waals surface area (Å²) in [4.78, 5) is 6.43. The Kier molecular flexibility index (Phi) is 4.15. The van der Waals surface area contributed by atoms with E-state index < -0.39 is 0 Å². The number of hydrogen-bond donors (Lipinski definition) is 0. The van der Waals surface area contributed by atoms with Crippen LogP contribution in [0.4, 0.5) is 5.13 Å². The highest BCUT2D eigenvalue weighted by Crippen LogP contribution is 2.23. The average Bonchev–Trinajstić information content (AvgIpc) is 2.51. The number of aromatic nitrogens is 1. The molecule has 1 rings (SSSR count). The molecule has 0 radical (unpaired) electrons. The molecule has 0 aliphatic heterocycles. The maximum atomic E-state index is 5.08. The smallest absolute Gasteiger partial charge is 0.186 e. The maximum absolute atomic E-state index is 5.08. The van der Waals surface area contributed by atoms with Crippen LogP contribution in [0.1, 0.15) is 6.92 Å².